The third-order valence-corrected chi connectivity index (χ3v) is 3.97. The molecule has 0 amide bonds. The zero-order valence-corrected chi connectivity index (χ0v) is 13.9. The van der Waals surface area contributed by atoms with Gasteiger partial charge in [-0.05, 0) is 30.2 Å². The van der Waals surface area contributed by atoms with Crippen LogP contribution in [-0.2, 0) is 6.42 Å². The molecule has 0 fully saturated rings. The van der Waals surface area contributed by atoms with Gasteiger partial charge >= 0.3 is 5.97 Å². The van der Waals surface area contributed by atoms with Gasteiger partial charge in [-0.1, -0.05) is 67.6 Å². The summed E-state index contributed by atoms with van der Waals surface area (Å²) in [6.45, 7) is 2.06. The quantitative estimate of drug-likeness (QED) is 0.387. The lowest BCUT2D eigenvalue weighted by molar-refractivity contribution is 0.0730. The maximum Gasteiger partial charge on any atom is 0.344 e. The van der Waals surface area contributed by atoms with E-state index >= 15 is 0 Å². The lowest BCUT2D eigenvalue weighted by atomic mass is 9.97. The molecule has 3 heteroatoms. The van der Waals surface area contributed by atoms with Gasteiger partial charge in [0, 0.05) is 11.1 Å². The van der Waals surface area contributed by atoms with Crippen LogP contribution in [0.5, 0.6) is 5.75 Å². The third-order valence-electron chi connectivity index (χ3n) is 3.97. The Balaban J connectivity index is 1.89. The van der Waals surface area contributed by atoms with Crippen molar-refractivity contribution in [3.8, 4) is 5.75 Å². The molecule has 0 aliphatic carbocycles. The smallest absolute Gasteiger partial charge is 0.344 e. The number of rotatable bonds is 5. The van der Waals surface area contributed by atoms with E-state index in [1.165, 1.54) is 0 Å². The molecule has 0 saturated heterocycles. The van der Waals surface area contributed by atoms with E-state index in [0.717, 1.165) is 12.0 Å². The second-order valence-electron chi connectivity index (χ2n) is 5.63. The predicted molar refractivity (Wildman–Crippen MR) is 97.1 cm³/mol. The van der Waals surface area contributed by atoms with Gasteiger partial charge in [-0.2, -0.15) is 0 Å². The highest BCUT2D eigenvalue weighted by molar-refractivity contribution is 6.14. The van der Waals surface area contributed by atoms with Gasteiger partial charge in [0.25, 0.3) is 0 Å². The van der Waals surface area contributed by atoms with Gasteiger partial charge < -0.3 is 4.74 Å². The standard InChI is InChI=1S/C22H18O3/c1-2-16-12-14-17(15-13-16)21(23)19-10-6-7-11-20(19)22(24)25-18-8-4-3-5-9-18/h3-15H,2H2,1H3. The van der Waals surface area contributed by atoms with E-state index in [0.29, 0.717) is 16.9 Å². The number of hydrogen-bond acceptors (Lipinski definition) is 3. The van der Waals surface area contributed by atoms with Crippen LogP contribution in [0.2, 0.25) is 0 Å². The van der Waals surface area contributed by atoms with Gasteiger partial charge in [0.2, 0.25) is 0 Å². The lowest BCUT2D eigenvalue weighted by Gasteiger charge is -2.09. The number of esters is 1. The summed E-state index contributed by atoms with van der Waals surface area (Å²) in [7, 11) is 0. The van der Waals surface area contributed by atoms with E-state index in [1.54, 1.807) is 60.7 Å². The second-order valence-corrected chi connectivity index (χ2v) is 5.63. The largest absolute Gasteiger partial charge is 0.423 e. The van der Waals surface area contributed by atoms with Crippen LogP contribution in [-0.4, -0.2) is 11.8 Å². The molecule has 0 aromatic heterocycles. The molecule has 0 aliphatic rings. The number of ether oxygens (including phenoxy) is 1. The van der Waals surface area contributed by atoms with Crippen molar-refractivity contribution in [1.82, 2.24) is 0 Å². The minimum absolute atomic E-state index is 0.191. The Kier molecular flexibility index (Phi) is 5.05. The molecule has 3 aromatic rings. The van der Waals surface area contributed by atoms with Crippen molar-refractivity contribution in [2.45, 2.75) is 13.3 Å². The summed E-state index contributed by atoms with van der Waals surface area (Å²) in [4.78, 5) is 25.3. The van der Waals surface area contributed by atoms with Crippen LogP contribution in [0.3, 0.4) is 0 Å². The molecule has 0 heterocycles. The molecule has 0 N–H and O–H groups in total. The summed E-state index contributed by atoms with van der Waals surface area (Å²) in [6.07, 6.45) is 0.911. The van der Waals surface area contributed by atoms with Crippen LogP contribution in [0.15, 0.2) is 78.9 Å². The van der Waals surface area contributed by atoms with E-state index in [1.807, 2.05) is 18.2 Å². The number of para-hydroxylation sites is 1. The zero-order chi connectivity index (χ0) is 17.6. The van der Waals surface area contributed by atoms with Gasteiger partial charge in [0.15, 0.2) is 5.78 Å². The fourth-order valence-corrected chi connectivity index (χ4v) is 2.56. The summed E-state index contributed by atoms with van der Waals surface area (Å²) < 4.78 is 5.37. The molecular formula is C22H18O3. The van der Waals surface area contributed by atoms with Crippen LogP contribution >= 0.6 is 0 Å². The first-order valence-corrected chi connectivity index (χ1v) is 8.19. The van der Waals surface area contributed by atoms with E-state index < -0.39 is 5.97 Å². The predicted octanol–water partition coefficient (Wildman–Crippen LogP) is 4.70. The van der Waals surface area contributed by atoms with Crippen molar-refractivity contribution in [2.75, 3.05) is 0 Å². The normalized spacial score (nSPS) is 10.3. The first kappa shape index (κ1) is 16.7. The molecule has 3 nitrogen and oxygen atoms in total. The third kappa shape index (κ3) is 3.83. The van der Waals surface area contributed by atoms with Crippen LogP contribution in [0.25, 0.3) is 0 Å². The molecule has 0 unspecified atom stereocenters. The first-order chi connectivity index (χ1) is 12.2. The van der Waals surface area contributed by atoms with Crippen molar-refractivity contribution >= 4 is 11.8 Å². The lowest BCUT2D eigenvalue weighted by Crippen LogP contribution is -2.14. The Morgan fingerprint density at radius 2 is 1.36 bits per heavy atom. The highest BCUT2D eigenvalue weighted by atomic mass is 16.5. The van der Waals surface area contributed by atoms with Gasteiger partial charge in [-0.15, -0.1) is 0 Å². The fourth-order valence-electron chi connectivity index (χ4n) is 2.56. The average molecular weight is 330 g/mol. The Labute approximate surface area is 146 Å². The number of ketones is 1. The monoisotopic (exact) mass is 330 g/mol. The number of hydrogen-bond donors (Lipinski definition) is 0. The molecule has 0 saturated carbocycles. The fraction of sp³-hybridized carbons (Fsp3) is 0.0909. The van der Waals surface area contributed by atoms with E-state index in [4.69, 9.17) is 4.74 Å². The van der Waals surface area contributed by atoms with Crippen LogP contribution < -0.4 is 4.74 Å². The second kappa shape index (κ2) is 7.58. The maximum atomic E-state index is 12.8. The summed E-state index contributed by atoms with van der Waals surface area (Å²) in [6, 6.07) is 23.0. The summed E-state index contributed by atoms with van der Waals surface area (Å²) in [5.41, 5.74) is 2.31. The molecule has 0 aliphatic heterocycles. The topological polar surface area (TPSA) is 43.4 Å². The Bertz CT molecular complexity index is 881. The van der Waals surface area contributed by atoms with E-state index in [-0.39, 0.29) is 11.3 Å². The van der Waals surface area contributed by atoms with Crippen LogP contribution in [0.1, 0.15) is 38.8 Å². The molecular weight excluding hydrogens is 312 g/mol. The molecule has 0 atom stereocenters. The zero-order valence-electron chi connectivity index (χ0n) is 13.9. The number of carbonyl (C=O) groups is 2. The Hall–Kier alpha value is -3.20. The molecule has 25 heavy (non-hydrogen) atoms. The summed E-state index contributed by atoms with van der Waals surface area (Å²) >= 11 is 0. The first-order valence-electron chi connectivity index (χ1n) is 8.19. The molecule has 3 rings (SSSR count). The Morgan fingerprint density at radius 3 is 2.00 bits per heavy atom. The number of carbonyl (C=O) groups excluding carboxylic acids is 2. The van der Waals surface area contributed by atoms with Crippen molar-refractivity contribution in [3.63, 3.8) is 0 Å². The molecule has 3 aromatic carbocycles. The van der Waals surface area contributed by atoms with Crippen LogP contribution in [0, 0.1) is 0 Å². The van der Waals surface area contributed by atoms with E-state index in [2.05, 4.69) is 6.92 Å². The van der Waals surface area contributed by atoms with Gasteiger partial charge in [0.1, 0.15) is 5.75 Å². The Morgan fingerprint density at radius 1 is 0.760 bits per heavy atom. The van der Waals surface area contributed by atoms with Crippen molar-refractivity contribution in [3.05, 3.63) is 101 Å². The van der Waals surface area contributed by atoms with Crippen molar-refractivity contribution in [2.24, 2.45) is 0 Å². The van der Waals surface area contributed by atoms with Crippen molar-refractivity contribution < 1.29 is 14.3 Å². The molecule has 0 spiro atoms. The van der Waals surface area contributed by atoms with Gasteiger partial charge in [0.05, 0.1) is 5.56 Å². The highest BCUT2D eigenvalue weighted by Crippen LogP contribution is 2.18. The summed E-state index contributed by atoms with van der Waals surface area (Å²) in [5, 5.41) is 0. The SMILES string of the molecule is CCc1ccc(C(=O)c2ccccc2C(=O)Oc2ccccc2)cc1. The minimum atomic E-state index is -0.541. The van der Waals surface area contributed by atoms with E-state index in [9.17, 15) is 9.59 Å². The number of benzene rings is 3. The molecule has 0 bridgehead atoms. The highest BCUT2D eigenvalue weighted by Gasteiger charge is 2.19. The minimum Gasteiger partial charge on any atom is -0.423 e. The average Bonchev–Trinajstić information content (AvgIpc) is 2.68. The summed E-state index contributed by atoms with van der Waals surface area (Å²) in [5.74, 6) is -0.286. The van der Waals surface area contributed by atoms with Gasteiger partial charge in [-0.3, -0.25) is 4.79 Å². The van der Waals surface area contributed by atoms with Crippen molar-refractivity contribution in [1.29, 1.82) is 0 Å². The van der Waals surface area contributed by atoms with Crippen LogP contribution in [0.4, 0.5) is 0 Å². The number of aryl methyl sites for hydroxylation is 1. The molecule has 0 radical (unpaired) electrons. The van der Waals surface area contributed by atoms with Gasteiger partial charge in [-0.25, -0.2) is 4.79 Å². The molecule has 124 valence electrons. The maximum absolute atomic E-state index is 12.8.